The van der Waals surface area contributed by atoms with Gasteiger partial charge in [0.25, 0.3) is 5.56 Å². The van der Waals surface area contributed by atoms with Crippen molar-refractivity contribution in [2.75, 3.05) is 17.3 Å². The number of carbonyl (C=O) groups is 1. The Morgan fingerprint density at radius 3 is 2.39 bits per heavy atom. The third-order valence-electron chi connectivity index (χ3n) is 6.28. The highest BCUT2D eigenvalue weighted by Gasteiger charge is 2.57. The van der Waals surface area contributed by atoms with Gasteiger partial charge in [-0.25, -0.2) is 9.78 Å². The van der Waals surface area contributed by atoms with E-state index in [9.17, 15) is 9.59 Å². The number of hydrogen-bond donors (Lipinski definition) is 1. The molecule has 0 fully saturated rings. The molecule has 7 heteroatoms. The number of hydrogen-bond acceptors (Lipinski definition) is 6. The van der Waals surface area contributed by atoms with Crippen molar-refractivity contribution in [3.8, 4) is 0 Å². The zero-order valence-corrected chi connectivity index (χ0v) is 18.4. The van der Waals surface area contributed by atoms with Crippen LogP contribution >= 0.6 is 0 Å². The first-order chi connectivity index (χ1) is 16.0. The van der Waals surface area contributed by atoms with Crippen LogP contribution in [0.2, 0.25) is 0 Å². The molecule has 2 atom stereocenters. The molecule has 4 aromatic rings. The molecule has 2 aromatic heterocycles. The number of carbonyl (C=O) groups excluding carboxylic acids is 1. The number of benzene rings is 2. The van der Waals surface area contributed by atoms with Gasteiger partial charge in [-0.15, -0.1) is 0 Å². The summed E-state index contributed by atoms with van der Waals surface area (Å²) in [6.45, 7) is 2.20. The van der Waals surface area contributed by atoms with E-state index in [1.54, 1.807) is 25.3 Å². The highest BCUT2D eigenvalue weighted by atomic mass is 16.5. The lowest BCUT2D eigenvalue weighted by molar-refractivity contribution is -0.147. The molecule has 0 saturated carbocycles. The first kappa shape index (κ1) is 20.8. The second-order valence-corrected chi connectivity index (χ2v) is 8.24. The minimum atomic E-state index is -1.22. The topological polar surface area (TPSA) is 75.9 Å². The van der Waals surface area contributed by atoms with Crippen LogP contribution in [0.5, 0.6) is 0 Å². The Balaban J connectivity index is 1.76. The fraction of sp³-hybridized carbons (Fsp3) is 0.192. The predicted octanol–water partition coefficient (Wildman–Crippen LogP) is 3.80. The number of anilines is 2. The molecule has 0 aliphatic carbocycles. The van der Waals surface area contributed by atoms with Crippen molar-refractivity contribution in [2.24, 2.45) is 0 Å². The van der Waals surface area contributed by atoms with Gasteiger partial charge in [-0.05, 0) is 36.8 Å². The first-order valence-electron chi connectivity index (χ1n) is 10.8. The Hall–Kier alpha value is -4.13. The van der Waals surface area contributed by atoms with E-state index in [1.165, 1.54) is 11.5 Å². The molecule has 1 aliphatic rings. The summed E-state index contributed by atoms with van der Waals surface area (Å²) in [6, 6.07) is 24.1. The molecule has 3 heterocycles. The quantitative estimate of drug-likeness (QED) is 0.476. The van der Waals surface area contributed by atoms with Gasteiger partial charge in [-0.3, -0.25) is 9.20 Å². The van der Waals surface area contributed by atoms with Crippen molar-refractivity contribution in [3.63, 3.8) is 0 Å². The van der Waals surface area contributed by atoms with Crippen LogP contribution < -0.4 is 15.8 Å². The smallest absolute Gasteiger partial charge is 0.334 e. The summed E-state index contributed by atoms with van der Waals surface area (Å²) in [6.07, 6.45) is 1.69. The summed E-state index contributed by atoms with van der Waals surface area (Å²) in [5.41, 5.74) is 1.32. The van der Waals surface area contributed by atoms with Crippen LogP contribution in [0.4, 0.5) is 11.5 Å². The monoisotopic (exact) mass is 440 g/mol. The largest absolute Gasteiger partial charge is 0.467 e. The molecule has 5 rings (SSSR count). The van der Waals surface area contributed by atoms with E-state index in [0.717, 1.165) is 11.3 Å². The van der Waals surface area contributed by atoms with Crippen LogP contribution in [0.1, 0.15) is 24.1 Å². The molecule has 1 N–H and O–H groups in total. The van der Waals surface area contributed by atoms with Gasteiger partial charge in [0.05, 0.1) is 18.7 Å². The van der Waals surface area contributed by atoms with Crippen molar-refractivity contribution in [2.45, 2.75) is 25.0 Å². The third kappa shape index (κ3) is 3.33. The molecule has 7 nitrogen and oxygen atoms in total. The van der Waals surface area contributed by atoms with Crippen LogP contribution in [0.25, 0.3) is 5.65 Å². The minimum Gasteiger partial charge on any atom is -0.467 e. The summed E-state index contributed by atoms with van der Waals surface area (Å²) in [4.78, 5) is 33.8. The van der Waals surface area contributed by atoms with Crippen LogP contribution in [-0.2, 0) is 16.1 Å². The number of nitrogens with one attached hydrogen (secondary N) is 1. The molecule has 0 spiro atoms. The van der Waals surface area contributed by atoms with E-state index in [1.807, 2.05) is 71.6 Å². The number of fused-ring (bicyclic) bond motifs is 2. The first-order valence-corrected chi connectivity index (χ1v) is 10.8. The number of ether oxygens (including phenoxy) is 1. The molecule has 0 radical (unpaired) electrons. The molecule has 1 aliphatic heterocycles. The molecule has 0 amide bonds. The number of aromatic nitrogens is 2. The van der Waals surface area contributed by atoms with Crippen molar-refractivity contribution in [1.29, 1.82) is 0 Å². The maximum absolute atomic E-state index is 13.7. The van der Waals surface area contributed by atoms with E-state index in [4.69, 9.17) is 9.72 Å². The maximum atomic E-state index is 13.7. The summed E-state index contributed by atoms with van der Waals surface area (Å²) >= 11 is 0. The SMILES string of the molecule is COC(=O)[C@]1(C)[C@H](Nc2ccccc2)c2c(nc3ccccn3c2=O)N1Cc1ccccc1. The van der Waals surface area contributed by atoms with Gasteiger partial charge in [0.2, 0.25) is 0 Å². The number of para-hydroxylation sites is 1. The molecule has 0 saturated heterocycles. The van der Waals surface area contributed by atoms with Crippen LogP contribution in [-0.4, -0.2) is 28.0 Å². The molecular weight excluding hydrogens is 416 g/mol. The Bertz CT molecular complexity index is 1370. The average molecular weight is 441 g/mol. The van der Waals surface area contributed by atoms with Gasteiger partial charge in [-0.2, -0.15) is 0 Å². The Morgan fingerprint density at radius 1 is 1.03 bits per heavy atom. The number of methoxy groups -OCH3 is 1. The lowest BCUT2D eigenvalue weighted by Gasteiger charge is -2.38. The van der Waals surface area contributed by atoms with Gasteiger partial charge in [0.1, 0.15) is 11.5 Å². The molecular formula is C26H24N4O3. The molecule has 2 aromatic carbocycles. The standard InChI is InChI=1S/C26H24N4O3/c1-26(25(32)33-2)22(27-19-13-7-4-8-14-19)21-23(30(26)17-18-11-5-3-6-12-18)28-20-15-9-10-16-29(20)24(21)31/h3-16,22,27H,17H2,1-2H3/t22-,26+/m1/s1. The number of rotatable bonds is 5. The molecule has 0 unspecified atom stereocenters. The van der Waals surface area contributed by atoms with Gasteiger partial charge >= 0.3 is 5.97 Å². The molecule has 0 bridgehead atoms. The van der Waals surface area contributed by atoms with Gasteiger partial charge in [0, 0.05) is 18.4 Å². The fourth-order valence-corrected chi connectivity index (χ4v) is 4.56. The normalized spacial score (nSPS) is 19.3. The van der Waals surface area contributed by atoms with E-state index >= 15 is 0 Å². The molecule has 33 heavy (non-hydrogen) atoms. The number of esters is 1. The van der Waals surface area contributed by atoms with Crippen LogP contribution in [0, 0.1) is 0 Å². The Labute approximate surface area is 191 Å². The number of nitrogens with zero attached hydrogens (tertiary/aromatic N) is 3. The summed E-state index contributed by atoms with van der Waals surface area (Å²) in [5, 5.41) is 3.43. The maximum Gasteiger partial charge on any atom is 0.334 e. The zero-order chi connectivity index (χ0) is 23.0. The van der Waals surface area contributed by atoms with Crippen LogP contribution in [0.3, 0.4) is 0 Å². The Kier molecular flexibility index (Phi) is 5.09. The van der Waals surface area contributed by atoms with Crippen LogP contribution in [0.15, 0.2) is 89.9 Å². The van der Waals surface area contributed by atoms with Crippen molar-refractivity contribution in [1.82, 2.24) is 9.38 Å². The zero-order valence-electron chi connectivity index (χ0n) is 18.4. The van der Waals surface area contributed by atoms with E-state index < -0.39 is 17.6 Å². The van der Waals surface area contributed by atoms with E-state index in [2.05, 4.69) is 5.32 Å². The summed E-state index contributed by atoms with van der Waals surface area (Å²) in [7, 11) is 1.37. The predicted molar refractivity (Wildman–Crippen MR) is 127 cm³/mol. The second kappa shape index (κ2) is 8.09. The fourth-order valence-electron chi connectivity index (χ4n) is 4.56. The lowest BCUT2D eigenvalue weighted by Crippen LogP contribution is -2.55. The summed E-state index contributed by atoms with van der Waals surface area (Å²) < 4.78 is 6.80. The van der Waals surface area contributed by atoms with Gasteiger partial charge in [-0.1, -0.05) is 54.6 Å². The Morgan fingerprint density at radius 2 is 1.70 bits per heavy atom. The van der Waals surface area contributed by atoms with Crippen molar-refractivity contribution in [3.05, 3.63) is 107 Å². The summed E-state index contributed by atoms with van der Waals surface area (Å²) in [5.74, 6) is 0.0368. The third-order valence-corrected chi connectivity index (χ3v) is 6.28. The van der Waals surface area contributed by atoms with Gasteiger partial charge < -0.3 is 15.0 Å². The highest BCUT2D eigenvalue weighted by Crippen LogP contribution is 2.47. The second-order valence-electron chi connectivity index (χ2n) is 8.24. The lowest BCUT2D eigenvalue weighted by atomic mass is 9.90. The van der Waals surface area contributed by atoms with Gasteiger partial charge in [0.15, 0.2) is 5.54 Å². The number of pyridine rings is 1. The highest BCUT2D eigenvalue weighted by molar-refractivity contribution is 5.90. The van der Waals surface area contributed by atoms with Crippen molar-refractivity contribution < 1.29 is 9.53 Å². The minimum absolute atomic E-state index is 0.213. The molecule has 166 valence electrons. The van der Waals surface area contributed by atoms with E-state index in [0.29, 0.717) is 23.6 Å². The van der Waals surface area contributed by atoms with Crippen molar-refractivity contribution >= 4 is 23.1 Å². The average Bonchev–Trinajstić information content (AvgIpc) is 3.08. The van der Waals surface area contributed by atoms with E-state index in [-0.39, 0.29) is 5.56 Å².